The Morgan fingerprint density at radius 2 is 0.923 bits per heavy atom. The number of furan rings is 2. The van der Waals surface area contributed by atoms with Gasteiger partial charge in [-0.1, -0.05) is 72.8 Å². The van der Waals surface area contributed by atoms with Gasteiger partial charge in [0.1, 0.15) is 22.3 Å². The minimum absolute atomic E-state index is 0.875. The number of nitrogens with zero attached hydrogens (tertiary/aromatic N) is 1. The van der Waals surface area contributed by atoms with Crippen LogP contribution < -0.4 is 0 Å². The number of hydrogen-bond donors (Lipinski definition) is 0. The summed E-state index contributed by atoms with van der Waals surface area (Å²) < 4.78 is 15.0. The predicted octanol–water partition coefficient (Wildman–Crippen LogP) is 10.2. The van der Waals surface area contributed by atoms with E-state index in [9.17, 15) is 0 Å². The summed E-state index contributed by atoms with van der Waals surface area (Å²) >= 11 is 0. The van der Waals surface area contributed by atoms with Gasteiger partial charge in [0.25, 0.3) is 0 Å². The van der Waals surface area contributed by atoms with Gasteiger partial charge in [-0.05, 0) is 65.7 Å². The summed E-state index contributed by atoms with van der Waals surface area (Å²) in [4.78, 5) is 0. The van der Waals surface area contributed by atoms with Gasteiger partial charge in [0.2, 0.25) is 0 Å². The van der Waals surface area contributed by atoms with Crippen molar-refractivity contribution in [3.63, 3.8) is 0 Å². The van der Waals surface area contributed by atoms with E-state index in [1.54, 1.807) is 0 Å². The molecule has 3 heteroatoms. The molecule has 182 valence electrons. The number of fused-ring (bicyclic) bond motifs is 9. The van der Waals surface area contributed by atoms with E-state index in [1.165, 1.54) is 21.8 Å². The molecule has 0 bridgehead atoms. The zero-order valence-corrected chi connectivity index (χ0v) is 20.9. The normalized spacial score (nSPS) is 12.1. The molecule has 0 N–H and O–H groups in total. The lowest BCUT2D eigenvalue weighted by Gasteiger charge is -2.09. The highest BCUT2D eigenvalue weighted by atomic mass is 16.3. The Labute approximate surface area is 223 Å². The van der Waals surface area contributed by atoms with Crippen molar-refractivity contribution < 1.29 is 8.83 Å². The fraction of sp³-hybridized carbons (Fsp3) is 0. The van der Waals surface area contributed by atoms with Crippen LogP contribution in [0.3, 0.4) is 0 Å². The lowest BCUT2D eigenvalue weighted by molar-refractivity contribution is 0.668. The van der Waals surface area contributed by atoms with Gasteiger partial charge in [-0.2, -0.15) is 0 Å². The van der Waals surface area contributed by atoms with Crippen molar-refractivity contribution in [2.24, 2.45) is 0 Å². The van der Waals surface area contributed by atoms with E-state index in [1.807, 2.05) is 18.2 Å². The summed E-state index contributed by atoms with van der Waals surface area (Å²) in [6, 6.07) is 44.7. The summed E-state index contributed by atoms with van der Waals surface area (Å²) in [5.74, 6) is 0. The molecular weight excluding hydrogens is 478 g/mol. The molecule has 9 aromatic rings. The van der Waals surface area contributed by atoms with Gasteiger partial charge in [-0.3, -0.25) is 0 Å². The Morgan fingerprint density at radius 1 is 0.385 bits per heavy atom. The maximum atomic E-state index is 6.48. The van der Waals surface area contributed by atoms with Crippen molar-refractivity contribution in [2.75, 3.05) is 0 Å². The van der Waals surface area contributed by atoms with Crippen LogP contribution >= 0.6 is 0 Å². The van der Waals surface area contributed by atoms with E-state index in [4.69, 9.17) is 8.83 Å². The second-order valence-corrected chi connectivity index (χ2v) is 10.1. The molecule has 0 atom stereocenters. The highest BCUT2D eigenvalue weighted by Crippen LogP contribution is 2.40. The van der Waals surface area contributed by atoms with Gasteiger partial charge in [-0.25, -0.2) is 0 Å². The molecule has 0 fully saturated rings. The minimum atomic E-state index is 0.875. The fourth-order valence-electron chi connectivity index (χ4n) is 6.26. The molecule has 0 saturated carbocycles. The first-order chi connectivity index (χ1) is 19.3. The third-order valence-electron chi connectivity index (χ3n) is 8.01. The van der Waals surface area contributed by atoms with E-state index in [-0.39, 0.29) is 0 Å². The predicted molar refractivity (Wildman–Crippen MR) is 161 cm³/mol. The Balaban J connectivity index is 1.27. The van der Waals surface area contributed by atoms with Crippen LogP contribution in [0, 0.1) is 0 Å². The molecular formula is C36H21NO2. The van der Waals surface area contributed by atoms with Gasteiger partial charge >= 0.3 is 0 Å². The highest BCUT2D eigenvalue weighted by Gasteiger charge is 2.18. The van der Waals surface area contributed by atoms with Gasteiger partial charge in [0.05, 0.1) is 22.1 Å². The topological polar surface area (TPSA) is 31.2 Å². The molecule has 0 aliphatic heterocycles. The van der Waals surface area contributed by atoms with Gasteiger partial charge in [0.15, 0.2) is 0 Å². The molecule has 0 aliphatic rings. The Morgan fingerprint density at radius 3 is 1.67 bits per heavy atom. The van der Waals surface area contributed by atoms with Crippen LogP contribution in [0.2, 0.25) is 0 Å². The molecule has 0 radical (unpaired) electrons. The second-order valence-electron chi connectivity index (χ2n) is 10.1. The van der Waals surface area contributed by atoms with Crippen molar-refractivity contribution in [1.29, 1.82) is 0 Å². The molecule has 0 aliphatic carbocycles. The van der Waals surface area contributed by atoms with Crippen molar-refractivity contribution in [3.05, 3.63) is 127 Å². The quantitative estimate of drug-likeness (QED) is 0.237. The number of hydrogen-bond acceptors (Lipinski definition) is 2. The summed E-state index contributed by atoms with van der Waals surface area (Å²) in [5.41, 5.74) is 9.28. The summed E-state index contributed by atoms with van der Waals surface area (Å²) in [5, 5.41) is 7.01. The number of aromatic nitrogens is 1. The van der Waals surface area contributed by atoms with E-state index in [0.29, 0.717) is 0 Å². The summed E-state index contributed by atoms with van der Waals surface area (Å²) in [6.45, 7) is 0. The van der Waals surface area contributed by atoms with Crippen molar-refractivity contribution in [1.82, 2.24) is 4.57 Å². The Hall–Kier alpha value is -5.28. The van der Waals surface area contributed by atoms with Crippen molar-refractivity contribution in [3.8, 4) is 16.8 Å². The standard InChI is InChI=1S/C36H21NO2/c1-4-11-29-24(8-1)25-9-2-5-12-30(25)37(29)31-13-7-15-33-36(31)28-19-17-23(21-35(28)39-33)22-16-18-27-26-10-3-6-14-32(26)38-34(27)20-22/h1-21H. The van der Waals surface area contributed by atoms with Gasteiger partial charge in [-0.15, -0.1) is 0 Å². The average Bonchev–Trinajstić information content (AvgIpc) is 3.65. The van der Waals surface area contributed by atoms with E-state index >= 15 is 0 Å². The van der Waals surface area contributed by atoms with E-state index in [2.05, 4.69) is 114 Å². The van der Waals surface area contributed by atoms with Crippen LogP contribution in [-0.2, 0) is 0 Å². The first-order valence-corrected chi connectivity index (χ1v) is 13.2. The molecule has 0 spiro atoms. The third-order valence-corrected chi connectivity index (χ3v) is 8.01. The first kappa shape index (κ1) is 20.7. The van der Waals surface area contributed by atoms with Crippen LogP contribution in [-0.4, -0.2) is 4.57 Å². The fourth-order valence-corrected chi connectivity index (χ4v) is 6.26. The number of rotatable bonds is 2. The third kappa shape index (κ3) is 2.87. The smallest absolute Gasteiger partial charge is 0.137 e. The van der Waals surface area contributed by atoms with Crippen LogP contribution in [0.1, 0.15) is 0 Å². The SMILES string of the molecule is c1ccc2c(c1)oc1cc(-c3ccc4c(c3)oc3cccc(-n5c6ccccc6c6ccccc65)c34)ccc12. The van der Waals surface area contributed by atoms with E-state index < -0.39 is 0 Å². The van der Waals surface area contributed by atoms with Crippen molar-refractivity contribution >= 4 is 65.7 Å². The van der Waals surface area contributed by atoms with E-state index in [0.717, 1.165) is 60.7 Å². The largest absolute Gasteiger partial charge is 0.456 e. The molecule has 0 saturated heterocycles. The molecule has 3 heterocycles. The molecule has 3 aromatic heterocycles. The monoisotopic (exact) mass is 499 g/mol. The zero-order valence-electron chi connectivity index (χ0n) is 20.9. The van der Waals surface area contributed by atoms with Gasteiger partial charge < -0.3 is 13.4 Å². The minimum Gasteiger partial charge on any atom is -0.456 e. The molecule has 0 unspecified atom stereocenters. The second kappa shape index (κ2) is 7.62. The molecule has 9 rings (SSSR count). The molecule has 6 aromatic carbocycles. The first-order valence-electron chi connectivity index (χ1n) is 13.2. The lowest BCUT2D eigenvalue weighted by atomic mass is 10.0. The van der Waals surface area contributed by atoms with Crippen LogP contribution in [0.4, 0.5) is 0 Å². The van der Waals surface area contributed by atoms with Gasteiger partial charge in [0, 0.05) is 26.9 Å². The molecule has 39 heavy (non-hydrogen) atoms. The van der Waals surface area contributed by atoms with Crippen LogP contribution in [0.25, 0.3) is 82.5 Å². The molecule has 0 amide bonds. The Bertz CT molecular complexity index is 2350. The lowest BCUT2D eigenvalue weighted by Crippen LogP contribution is -1.94. The van der Waals surface area contributed by atoms with Crippen molar-refractivity contribution in [2.45, 2.75) is 0 Å². The maximum Gasteiger partial charge on any atom is 0.137 e. The average molecular weight is 500 g/mol. The Kier molecular flexibility index (Phi) is 4.05. The van der Waals surface area contributed by atoms with Crippen LogP contribution in [0.15, 0.2) is 136 Å². The number of para-hydroxylation sites is 3. The number of benzene rings is 6. The highest BCUT2D eigenvalue weighted by molar-refractivity contribution is 6.15. The summed E-state index contributed by atoms with van der Waals surface area (Å²) in [6.07, 6.45) is 0. The van der Waals surface area contributed by atoms with Crippen LogP contribution in [0.5, 0.6) is 0 Å². The summed E-state index contributed by atoms with van der Waals surface area (Å²) in [7, 11) is 0. The maximum absolute atomic E-state index is 6.48. The zero-order chi connectivity index (χ0) is 25.5. The molecule has 3 nitrogen and oxygen atoms in total.